The molecule has 150 valence electrons. The minimum Gasteiger partial charge on any atom is -0.492 e. The Kier molecular flexibility index (Phi) is 4.77. The number of ether oxygens (including phenoxy) is 1. The van der Waals surface area contributed by atoms with E-state index in [9.17, 15) is 9.59 Å². The number of carbonyl (C=O) groups excluding carboxylic acids is 2. The number of hydrogen-bond donors (Lipinski definition) is 1. The van der Waals surface area contributed by atoms with Crippen LogP contribution in [0.25, 0.3) is 0 Å². The molecular formula is C23H30N2O3. The summed E-state index contributed by atoms with van der Waals surface area (Å²) in [6.45, 7) is 1.52. The SMILES string of the molecule is O=C(NC1C2CC3CC(C2)CC1C3)[C@@H]1CC(=O)N(CCOc2ccccc2)C1. The van der Waals surface area contributed by atoms with Crippen LogP contribution in [0.2, 0.25) is 0 Å². The molecule has 1 aliphatic heterocycles. The maximum absolute atomic E-state index is 12.9. The Morgan fingerprint density at radius 3 is 2.39 bits per heavy atom. The van der Waals surface area contributed by atoms with Crippen molar-refractivity contribution in [2.24, 2.45) is 29.6 Å². The van der Waals surface area contributed by atoms with E-state index in [1.165, 1.54) is 32.1 Å². The molecule has 0 unspecified atom stereocenters. The molecule has 1 N–H and O–H groups in total. The summed E-state index contributed by atoms with van der Waals surface area (Å²) < 4.78 is 5.70. The number of rotatable bonds is 6. The fourth-order valence-corrected chi connectivity index (χ4v) is 6.40. The second-order valence-corrected chi connectivity index (χ2v) is 9.37. The number of likely N-dealkylation sites (tertiary alicyclic amines) is 1. The van der Waals surface area contributed by atoms with Crippen LogP contribution in [0.3, 0.4) is 0 Å². The number of hydrogen-bond acceptors (Lipinski definition) is 3. The number of nitrogens with one attached hydrogen (secondary N) is 1. The van der Waals surface area contributed by atoms with E-state index >= 15 is 0 Å². The summed E-state index contributed by atoms with van der Waals surface area (Å²) in [4.78, 5) is 27.0. The van der Waals surface area contributed by atoms with Gasteiger partial charge in [0.1, 0.15) is 12.4 Å². The second kappa shape index (κ2) is 7.41. The van der Waals surface area contributed by atoms with Gasteiger partial charge in [0.2, 0.25) is 11.8 Å². The van der Waals surface area contributed by atoms with E-state index in [2.05, 4.69) is 5.32 Å². The molecule has 4 bridgehead atoms. The van der Waals surface area contributed by atoms with Gasteiger partial charge in [0, 0.05) is 19.0 Å². The highest BCUT2D eigenvalue weighted by Gasteiger charge is 2.49. The highest BCUT2D eigenvalue weighted by atomic mass is 16.5. The molecule has 5 fully saturated rings. The summed E-state index contributed by atoms with van der Waals surface area (Å²) in [6, 6.07) is 9.98. The number of para-hydroxylation sites is 1. The van der Waals surface area contributed by atoms with Gasteiger partial charge in [-0.05, 0) is 67.9 Å². The molecule has 4 saturated carbocycles. The first kappa shape index (κ1) is 18.0. The number of benzene rings is 1. The molecule has 0 aromatic heterocycles. The molecule has 1 saturated heterocycles. The highest BCUT2D eigenvalue weighted by Crippen LogP contribution is 2.53. The first-order valence-electron chi connectivity index (χ1n) is 10.9. The van der Waals surface area contributed by atoms with Crippen LogP contribution in [0.4, 0.5) is 0 Å². The largest absolute Gasteiger partial charge is 0.492 e. The van der Waals surface area contributed by atoms with Crippen LogP contribution in [-0.2, 0) is 9.59 Å². The van der Waals surface area contributed by atoms with Crippen molar-refractivity contribution in [1.29, 1.82) is 0 Å². The Balaban J connectivity index is 1.12. The van der Waals surface area contributed by atoms with Gasteiger partial charge in [-0.2, -0.15) is 0 Å². The molecular weight excluding hydrogens is 352 g/mol. The fourth-order valence-electron chi connectivity index (χ4n) is 6.40. The lowest BCUT2D eigenvalue weighted by Crippen LogP contribution is -2.56. The minimum absolute atomic E-state index is 0.0712. The van der Waals surface area contributed by atoms with E-state index in [0.717, 1.165) is 17.6 Å². The van der Waals surface area contributed by atoms with E-state index < -0.39 is 0 Å². The minimum atomic E-state index is -0.207. The number of carbonyl (C=O) groups is 2. The van der Waals surface area contributed by atoms with Crippen molar-refractivity contribution in [2.75, 3.05) is 19.7 Å². The molecule has 28 heavy (non-hydrogen) atoms. The third kappa shape index (κ3) is 3.51. The van der Waals surface area contributed by atoms with Gasteiger partial charge in [-0.1, -0.05) is 18.2 Å². The summed E-state index contributed by atoms with van der Waals surface area (Å²) >= 11 is 0. The summed E-state index contributed by atoms with van der Waals surface area (Å²) in [5, 5.41) is 3.38. The topological polar surface area (TPSA) is 58.6 Å². The highest BCUT2D eigenvalue weighted by molar-refractivity contribution is 5.89. The van der Waals surface area contributed by atoms with Gasteiger partial charge in [0.05, 0.1) is 12.5 Å². The van der Waals surface area contributed by atoms with E-state index in [0.29, 0.717) is 44.0 Å². The smallest absolute Gasteiger partial charge is 0.225 e. The maximum atomic E-state index is 12.9. The molecule has 1 atom stereocenters. The zero-order chi connectivity index (χ0) is 19.1. The van der Waals surface area contributed by atoms with Gasteiger partial charge in [-0.3, -0.25) is 9.59 Å². The monoisotopic (exact) mass is 382 g/mol. The molecule has 6 rings (SSSR count). The van der Waals surface area contributed by atoms with Crippen LogP contribution in [0, 0.1) is 29.6 Å². The Morgan fingerprint density at radius 1 is 1.04 bits per heavy atom. The van der Waals surface area contributed by atoms with Crippen LogP contribution in [0.5, 0.6) is 5.75 Å². The lowest BCUT2D eigenvalue weighted by atomic mass is 9.54. The maximum Gasteiger partial charge on any atom is 0.225 e. The molecule has 5 nitrogen and oxygen atoms in total. The number of nitrogens with zero attached hydrogens (tertiary/aromatic N) is 1. The van der Waals surface area contributed by atoms with Gasteiger partial charge in [-0.25, -0.2) is 0 Å². The van der Waals surface area contributed by atoms with Crippen LogP contribution >= 0.6 is 0 Å². The lowest BCUT2D eigenvalue weighted by Gasteiger charge is -2.54. The molecule has 5 heteroatoms. The van der Waals surface area contributed by atoms with E-state index in [1.807, 2.05) is 30.3 Å². The zero-order valence-electron chi connectivity index (χ0n) is 16.4. The Hall–Kier alpha value is -2.04. The summed E-state index contributed by atoms with van der Waals surface area (Å²) in [5.41, 5.74) is 0. The van der Waals surface area contributed by atoms with Crippen molar-refractivity contribution in [2.45, 2.75) is 44.6 Å². The predicted octanol–water partition coefficient (Wildman–Crippen LogP) is 2.85. The molecule has 2 amide bonds. The number of amides is 2. The fraction of sp³-hybridized carbons (Fsp3) is 0.652. The van der Waals surface area contributed by atoms with Crippen molar-refractivity contribution in [1.82, 2.24) is 10.2 Å². The quantitative estimate of drug-likeness (QED) is 0.823. The van der Waals surface area contributed by atoms with Gasteiger partial charge < -0.3 is 15.0 Å². The zero-order valence-corrected chi connectivity index (χ0v) is 16.4. The first-order valence-corrected chi connectivity index (χ1v) is 10.9. The van der Waals surface area contributed by atoms with Crippen LogP contribution in [0.1, 0.15) is 38.5 Å². The third-order valence-corrected chi connectivity index (χ3v) is 7.49. The van der Waals surface area contributed by atoms with E-state index in [1.54, 1.807) is 4.90 Å². The van der Waals surface area contributed by atoms with Gasteiger partial charge >= 0.3 is 0 Å². The van der Waals surface area contributed by atoms with Crippen LogP contribution < -0.4 is 10.1 Å². The molecule has 1 aromatic carbocycles. The summed E-state index contributed by atoms with van der Waals surface area (Å²) in [6.07, 6.45) is 6.94. The van der Waals surface area contributed by atoms with Crippen molar-refractivity contribution in [3.63, 3.8) is 0 Å². The van der Waals surface area contributed by atoms with Gasteiger partial charge in [0.25, 0.3) is 0 Å². The average Bonchev–Trinajstić information content (AvgIpc) is 3.06. The van der Waals surface area contributed by atoms with Gasteiger partial charge in [-0.15, -0.1) is 0 Å². The summed E-state index contributed by atoms with van der Waals surface area (Å²) in [5.74, 6) is 3.93. The Morgan fingerprint density at radius 2 is 1.71 bits per heavy atom. The molecule has 1 aromatic rings. The average molecular weight is 383 g/mol. The van der Waals surface area contributed by atoms with E-state index in [4.69, 9.17) is 4.74 Å². The summed E-state index contributed by atoms with van der Waals surface area (Å²) in [7, 11) is 0. The van der Waals surface area contributed by atoms with Crippen molar-refractivity contribution in [3.8, 4) is 5.75 Å². The van der Waals surface area contributed by atoms with Crippen molar-refractivity contribution < 1.29 is 14.3 Å². The molecule has 5 aliphatic rings. The van der Waals surface area contributed by atoms with Crippen molar-refractivity contribution in [3.05, 3.63) is 30.3 Å². The second-order valence-electron chi connectivity index (χ2n) is 9.37. The first-order chi connectivity index (χ1) is 13.7. The normalized spacial score (nSPS) is 36.0. The standard InChI is InChI=1S/C23H30N2O3/c26-21-13-19(14-25(21)6-7-28-20-4-2-1-3-5-20)23(27)24-22-17-9-15-8-16(11-17)12-18(22)10-15/h1-5,15-19,22H,6-14H2,(H,24,27)/t15?,16?,17?,18?,19-,22?/m1/s1. The predicted molar refractivity (Wildman–Crippen MR) is 106 cm³/mol. The Labute approximate surface area is 166 Å². The van der Waals surface area contributed by atoms with Crippen LogP contribution in [-0.4, -0.2) is 42.5 Å². The molecule has 4 aliphatic carbocycles. The van der Waals surface area contributed by atoms with E-state index in [-0.39, 0.29) is 17.7 Å². The molecule has 0 spiro atoms. The van der Waals surface area contributed by atoms with Gasteiger partial charge in [0.15, 0.2) is 0 Å². The van der Waals surface area contributed by atoms with Crippen LogP contribution in [0.15, 0.2) is 30.3 Å². The van der Waals surface area contributed by atoms with Crippen molar-refractivity contribution >= 4 is 11.8 Å². The third-order valence-electron chi connectivity index (χ3n) is 7.49. The Bertz CT molecular complexity index is 707. The lowest BCUT2D eigenvalue weighted by molar-refractivity contribution is -0.130. The molecule has 0 radical (unpaired) electrons. The molecule has 1 heterocycles.